The van der Waals surface area contributed by atoms with E-state index in [0.29, 0.717) is 5.69 Å². The van der Waals surface area contributed by atoms with E-state index in [-0.39, 0.29) is 17.3 Å². The minimum absolute atomic E-state index is 0.180. The molecule has 0 aliphatic heterocycles. The van der Waals surface area contributed by atoms with Crippen molar-refractivity contribution in [3.63, 3.8) is 0 Å². The molecule has 0 radical (unpaired) electrons. The highest BCUT2D eigenvalue weighted by molar-refractivity contribution is 6.07. The first-order valence-electron chi connectivity index (χ1n) is 7.97. The van der Waals surface area contributed by atoms with Crippen molar-refractivity contribution in [1.82, 2.24) is 9.97 Å². The summed E-state index contributed by atoms with van der Waals surface area (Å²) in [6.45, 7) is 0. The lowest BCUT2D eigenvalue weighted by atomic mass is 10.1. The van der Waals surface area contributed by atoms with Crippen molar-refractivity contribution in [2.24, 2.45) is 0 Å². The first kappa shape index (κ1) is 18.6. The van der Waals surface area contributed by atoms with E-state index in [9.17, 15) is 22.8 Å². The summed E-state index contributed by atoms with van der Waals surface area (Å²) in [5.74, 6) is -1.57. The summed E-state index contributed by atoms with van der Waals surface area (Å²) in [6, 6.07) is 4.49. The zero-order valence-corrected chi connectivity index (χ0v) is 14.1. The van der Waals surface area contributed by atoms with E-state index < -0.39 is 29.3 Å². The minimum Gasteiger partial charge on any atom is -0.465 e. The van der Waals surface area contributed by atoms with E-state index in [1.165, 1.54) is 25.3 Å². The smallest absolute Gasteiger partial charge is 0.434 e. The normalized spacial score (nSPS) is 13.8. The van der Waals surface area contributed by atoms with E-state index in [0.717, 1.165) is 25.4 Å². The molecular formula is C17H15F3N4O3. The van der Waals surface area contributed by atoms with Crippen molar-refractivity contribution in [2.45, 2.75) is 25.1 Å². The maximum absolute atomic E-state index is 13.1. The largest absolute Gasteiger partial charge is 0.465 e. The summed E-state index contributed by atoms with van der Waals surface area (Å²) < 4.78 is 43.8. The number of carbonyl (C=O) groups excluding carboxylic acids is 2. The number of amides is 1. The van der Waals surface area contributed by atoms with Gasteiger partial charge in [0.25, 0.3) is 5.91 Å². The number of alkyl halides is 3. The lowest BCUT2D eigenvalue weighted by molar-refractivity contribution is -0.141. The summed E-state index contributed by atoms with van der Waals surface area (Å²) >= 11 is 0. The average molecular weight is 380 g/mol. The molecule has 1 fully saturated rings. The highest BCUT2D eigenvalue weighted by Crippen LogP contribution is 2.33. The van der Waals surface area contributed by atoms with E-state index >= 15 is 0 Å². The molecule has 1 aromatic heterocycles. The number of hydrogen-bond donors (Lipinski definition) is 2. The Balaban J connectivity index is 1.91. The van der Waals surface area contributed by atoms with Crippen molar-refractivity contribution in [1.29, 1.82) is 0 Å². The number of rotatable bonds is 5. The highest BCUT2D eigenvalue weighted by Gasteiger charge is 2.37. The highest BCUT2D eigenvalue weighted by atomic mass is 19.4. The van der Waals surface area contributed by atoms with Crippen LogP contribution in [0.25, 0.3) is 0 Å². The second kappa shape index (κ2) is 7.22. The Hall–Kier alpha value is -3.17. The van der Waals surface area contributed by atoms with Crippen molar-refractivity contribution in [2.75, 3.05) is 17.7 Å². The van der Waals surface area contributed by atoms with Gasteiger partial charge >= 0.3 is 12.1 Å². The molecule has 7 nitrogen and oxygen atoms in total. The fraction of sp³-hybridized carbons (Fsp3) is 0.294. The van der Waals surface area contributed by atoms with Crippen LogP contribution in [0.3, 0.4) is 0 Å². The first-order chi connectivity index (χ1) is 12.8. The Kier molecular flexibility index (Phi) is 4.98. The summed E-state index contributed by atoms with van der Waals surface area (Å²) in [5.41, 5.74) is -1.12. The van der Waals surface area contributed by atoms with Crippen LogP contribution >= 0.6 is 0 Å². The molecule has 2 aromatic rings. The Labute approximate surface area is 152 Å². The molecular weight excluding hydrogens is 365 g/mol. The van der Waals surface area contributed by atoms with Gasteiger partial charge in [-0.25, -0.2) is 14.8 Å². The first-order valence-corrected chi connectivity index (χ1v) is 7.97. The number of esters is 1. The Morgan fingerprint density at radius 1 is 1.22 bits per heavy atom. The van der Waals surface area contributed by atoms with Crippen molar-refractivity contribution in [3.8, 4) is 0 Å². The number of halogens is 3. The van der Waals surface area contributed by atoms with E-state index in [1.54, 1.807) is 0 Å². The number of nitrogens with one attached hydrogen (secondary N) is 2. The predicted molar refractivity (Wildman–Crippen MR) is 89.4 cm³/mol. The van der Waals surface area contributed by atoms with Gasteiger partial charge in [-0.05, 0) is 31.0 Å². The zero-order valence-electron chi connectivity index (χ0n) is 14.1. The summed E-state index contributed by atoms with van der Waals surface area (Å²) in [6.07, 6.45) is -1.42. The van der Waals surface area contributed by atoms with Crippen LogP contribution in [0.15, 0.2) is 30.7 Å². The molecule has 1 aliphatic carbocycles. The Morgan fingerprint density at radius 3 is 2.59 bits per heavy atom. The maximum Gasteiger partial charge on any atom is 0.434 e. The number of methoxy groups -OCH3 is 1. The van der Waals surface area contributed by atoms with Gasteiger partial charge in [-0.3, -0.25) is 4.79 Å². The molecule has 1 heterocycles. The van der Waals surface area contributed by atoms with E-state index in [4.69, 9.17) is 0 Å². The van der Waals surface area contributed by atoms with Crippen molar-refractivity contribution in [3.05, 3.63) is 47.5 Å². The van der Waals surface area contributed by atoms with Gasteiger partial charge in [-0.15, -0.1) is 0 Å². The predicted octanol–water partition coefficient (Wildman–Crippen LogP) is 3.11. The topological polar surface area (TPSA) is 93.2 Å². The molecule has 1 aliphatic rings. The third kappa shape index (κ3) is 4.33. The zero-order chi connectivity index (χ0) is 19.6. The SMILES string of the molecule is COC(=O)c1ccc(NC(=O)c2cncnc2C(F)(F)F)c(NC2CC2)c1. The molecule has 0 saturated heterocycles. The van der Waals surface area contributed by atoms with E-state index in [1.807, 2.05) is 0 Å². The fourth-order valence-electron chi connectivity index (χ4n) is 2.38. The van der Waals surface area contributed by atoms with Crippen LogP contribution in [0.1, 0.15) is 39.3 Å². The number of hydrogen-bond acceptors (Lipinski definition) is 6. The summed E-state index contributed by atoms with van der Waals surface area (Å²) in [4.78, 5) is 30.8. The number of benzene rings is 1. The van der Waals surface area contributed by atoms with Gasteiger partial charge in [0.2, 0.25) is 0 Å². The van der Waals surface area contributed by atoms with Crippen LogP contribution < -0.4 is 10.6 Å². The summed E-state index contributed by atoms with van der Waals surface area (Å²) in [7, 11) is 1.24. The molecule has 0 unspecified atom stereocenters. The average Bonchev–Trinajstić information content (AvgIpc) is 3.45. The standard InChI is InChI=1S/C17H15F3N4O3/c1-27-16(26)9-2-5-12(13(6-9)23-10-3-4-10)24-15(25)11-7-21-8-22-14(11)17(18,19)20/h2,5-8,10,23H,3-4H2,1H3,(H,24,25). The molecule has 3 rings (SSSR count). The number of nitrogens with zero attached hydrogens (tertiary/aromatic N) is 2. The van der Waals surface area contributed by atoms with Crippen LogP contribution in [-0.2, 0) is 10.9 Å². The quantitative estimate of drug-likeness (QED) is 0.775. The van der Waals surface area contributed by atoms with Crippen LogP contribution in [0.5, 0.6) is 0 Å². The lowest BCUT2D eigenvalue weighted by Crippen LogP contribution is -2.21. The molecule has 0 atom stereocenters. The van der Waals surface area contributed by atoms with Gasteiger partial charge in [0.05, 0.1) is 29.6 Å². The van der Waals surface area contributed by atoms with Gasteiger partial charge in [-0.1, -0.05) is 0 Å². The van der Waals surface area contributed by atoms with E-state index in [2.05, 4.69) is 25.3 Å². The molecule has 1 saturated carbocycles. The summed E-state index contributed by atoms with van der Waals surface area (Å²) in [5, 5.41) is 5.55. The molecule has 142 valence electrons. The Bertz CT molecular complexity index is 882. The van der Waals surface area contributed by atoms with Crippen molar-refractivity contribution < 1.29 is 27.5 Å². The number of ether oxygens (including phenoxy) is 1. The number of anilines is 2. The monoisotopic (exact) mass is 380 g/mol. The molecule has 10 heteroatoms. The molecule has 27 heavy (non-hydrogen) atoms. The van der Waals surface area contributed by atoms with Crippen molar-refractivity contribution >= 4 is 23.3 Å². The van der Waals surface area contributed by atoms with Gasteiger partial charge in [0.1, 0.15) is 6.33 Å². The van der Waals surface area contributed by atoms with Crippen LogP contribution in [0, 0.1) is 0 Å². The molecule has 1 amide bonds. The molecule has 0 bridgehead atoms. The third-order valence-corrected chi connectivity index (χ3v) is 3.85. The third-order valence-electron chi connectivity index (χ3n) is 3.85. The van der Waals surface area contributed by atoms with Crippen LogP contribution in [0.2, 0.25) is 0 Å². The second-order valence-corrected chi connectivity index (χ2v) is 5.91. The van der Waals surface area contributed by atoms with Gasteiger partial charge in [0.15, 0.2) is 5.69 Å². The van der Waals surface area contributed by atoms with Gasteiger partial charge in [0, 0.05) is 12.2 Å². The minimum atomic E-state index is -4.79. The van der Waals surface area contributed by atoms with Crippen LogP contribution in [-0.4, -0.2) is 35.0 Å². The number of carbonyl (C=O) groups is 2. The fourth-order valence-corrected chi connectivity index (χ4v) is 2.38. The molecule has 1 aromatic carbocycles. The molecule has 2 N–H and O–H groups in total. The maximum atomic E-state index is 13.1. The van der Waals surface area contributed by atoms with Gasteiger partial charge in [-0.2, -0.15) is 13.2 Å². The Morgan fingerprint density at radius 2 is 1.96 bits per heavy atom. The van der Waals surface area contributed by atoms with Crippen LogP contribution in [0.4, 0.5) is 24.5 Å². The number of aromatic nitrogens is 2. The lowest BCUT2D eigenvalue weighted by Gasteiger charge is -2.15. The second-order valence-electron chi connectivity index (χ2n) is 5.91. The molecule has 0 spiro atoms. The van der Waals surface area contributed by atoms with Gasteiger partial charge < -0.3 is 15.4 Å².